The van der Waals surface area contributed by atoms with Crippen LogP contribution in [0.3, 0.4) is 0 Å². The first-order valence-corrected chi connectivity index (χ1v) is 8.89. The van der Waals surface area contributed by atoms with Crippen molar-refractivity contribution >= 4 is 6.09 Å². The van der Waals surface area contributed by atoms with E-state index in [-0.39, 0.29) is 6.09 Å². The SMILES string of the molecule is CC1CCC(C(C)C)C(NCCCNC(=O)OC(C)(C)C)C1. The Labute approximate surface area is 136 Å². The molecule has 0 aliphatic heterocycles. The van der Waals surface area contributed by atoms with Crippen LogP contribution >= 0.6 is 0 Å². The average Bonchev–Trinajstić information content (AvgIpc) is 2.35. The minimum atomic E-state index is -0.426. The van der Waals surface area contributed by atoms with Gasteiger partial charge in [0.15, 0.2) is 0 Å². The third-order valence-electron chi connectivity index (χ3n) is 4.45. The van der Waals surface area contributed by atoms with Gasteiger partial charge in [-0.25, -0.2) is 4.79 Å². The molecule has 3 unspecified atom stereocenters. The third kappa shape index (κ3) is 7.48. The Hall–Kier alpha value is -0.770. The lowest BCUT2D eigenvalue weighted by atomic mass is 9.74. The second kappa shape index (κ2) is 8.76. The Morgan fingerprint density at radius 1 is 1.23 bits per heavy atom. The zero-order valence-corrected chi connectivity index (χ0v) is 15.4. The van der Waals surface area contributed by atoms with Crippen LogP contribution in [0.15, 0.2) is 0 Å². The normalized spacial score (nSPS) is 26.0. The van der Waals surface area contributed by atoms with Crippen LogP contribution in [0.2, 0.25) is 0 Å². The van der Waals surface area contributed by atoms with Gasteiger partial charge in [0.05, 0.1) is 0 Å². The van der Waals surface area contributed by atoms with Gasteiger partial charge in [0.1, 0.15) is 5.60 Å². The molecule has 0 aromatic heterocycles. The van der Waals surface area contributed by atoms with Crippen molar-refractivity contribution in [3.05, 3.63) is 0 Å². The lowest BCUT2D eigenvalue weighted by Crippen LogP contribution is -2.43. The van der Waals surface area contributed by atoms with Crippen LogP contribution in [0.5, 0.6) is 0 Å². The lowest BCUT2D eigenvalue weighted by molar-refractivity contribution is 0.0527. The minimum absolute atomic E-state index is 0.321. The molecule has 1 rings (SSSR count). The highest BCUT2D eigenvalue weighted by Gasteiger charge is 2.29. The topological polar surface area (TPSA) is 50.4 Å². The van der Waals surface area contributed by atoms with E-state index in [1.807, 2.05) is 20.8 Å². The summed E-state index contributed by atoms with van der Waals surface area (Å²) in [5, 5.41) is 6.53. The highest BCUT2D eigenvalue weighted by molar-refractivity contribution is 5.67. The molecule has 1 saturated carbocycles. The van der Waals surface area contributed by atoms with Gasteiger partial charge in [0.2, 0.25) is 0 Å². The van der Waals surface area contributed by atoms with Crippen molar-refractivity contribution in [2.75, 3.05) is 13.1 Å². The molecule has 1 fully saturated rings. The summed E-state index contributed by atoms with van der Waals surface area (Å²) in [7, 11) is 0. The first-order valence-electron chi connectivity index (χ1n) is 8.89. The highest BCUT2D eigenvalue weighted by atomic mass is 16.6. The van der Waals surface area contributed by atoms with Crippen molar-refractivity contribution < 1.29 is 9.53 Å². The zero-order chi connectivity index (χ0) is 16.8. The Bertz CT molecular complexity index is 336. The van der Waals surface area contributed by atoms with Crippen molar-refractivity contribution in [1.82, 2.24) is 10.6 Å². The van der Waals surface area contributed by atoms with Gasteiger partial charge in [-0.05, 0) is 64.3 Å². The Morgan fingerprint density at radius 3 is 2.50 bits per heavy atom. The van der Waals surface area contributed by atoms with Crippen LogP contribution in [0, 0.1) is 17.8 Å². The maximum atomic E-state index is 11.6. The van der Waals surface area contributed by atoms with E-state index in [1.54, 1.807) is 0 Å². The third-order valence-corrected chi connectivity index (χ3v) is 4.45. The molecule has 1 amide bonds. The summed E-state index contributed by atoms with van der Waals surface area (Å²) in [5.41, 5.74) is -0.426. The standard InChI is InChI=1S/C18H36N2O2/c1-13(2)15-9-8-14(3)12-16(15)19-10-7-11-20-17(21)22-18(4,5)6/h13-16,19H,7-12H2,1-6H3,(H,20,21). The van der Waals surface area contributed by atoms with E-state index in [0.29, 0.717) is 12.6 Å². The van der Waals surface area contributed by atoms with Crippen LogP contribution in [-0.4, -0.2) is 30.8 Å². The molecule has 22 heavy (non-hydrogen) atoms. The largest absolute Gasteiger partial charge is 0.444 e. The molecule has 0 saturated heterocycles. The number of hydrogen-bond acceptors (Lipinski definition) is 3. The van der Waals surface area contributed by atoms with Crippen molar-refractivity contribution in [1.29, 1.82) is 0 Å². The number of amides is 1. The highest BCUT2D eigenvalue weighted by Crippen LogP contribution is 2.33. The molecule has 0 heterocycles. The molecule has 1 aliphatic rings. The van der Waals surface area contributed by atoms with Crippen LogP contribution in [0.25, 0.3) is 0 Å². The van der Waals surface area contributed by atoms with Gasteiger partial charge in [-0.2, -0.15) is 0 Å². The number of nitrogens with one attached hydrogen (secondary N) is 2. The van der Waals surface area contributed by atoms with Gasteiger partial charge in [-0.15, -0.1) is 0 Å². The molecule has 3 atom stereocenters. The molecule has 4 nitrogen and oxygen atoms in total. The molecule has 0 spiro atoms. The van der Waals surface area contributed by atoms with Crippen LogP contribution < -0.4 is 10.6 Å². The molecule has 2 N–H and O–H groups in total. The number of carbonyl (C=O) groups excluding carboxylic acids is 1. The van der Waals surface area contributed by atoms with E-state index >= 15 is 0 Å². The van der Waals surface area contributed by atoms with Gasteiger partial charge in [-0.3, -0.25) is 0 Å². The van der Waals surface area contributed by atoms with Gasteiger partial charge < -0.3 is 15.4 Å². The van der Waals surface area contributed by atoms with Crippen LogP contribution in [0.4, 0.5) is 4.79 Å². The van der Waals surface area contributed by atoms with E-state index in [4.69, 9.17) is 4.74 Å². The summed E-state index contributed by atoms with van der Waals surface area (Å²) in [6, 6.07) is 0.630. The summed E-state index contributed by atoms with van der Waals surface area (Å²) in [4.78, 5) is 11.6. The molecule has 0 aromatic rings. The molecule has 0 radical (unpaired) electrons. The van der Waals surface area contributed by atoms with Crippen molar-refractivity contribution in [3.63, 3.8) is 0 Å². The minimum Gasteiger partial charge on any atom is -0.444 e. The van der Waals surface area contributed by atoms with E-state index in [1.165, 1.54) is 19.3 Å². The summed E-state index contributed by atoms with van der Waals surface area (Å²) < 4.78 is 5.23. The Balaban J connectivity index is 2.21. The van der Waals surface area contributed by atoms with Crippen molar-refractivity contribution in [2.45, 2.75) is 78.9 Å². The maximum Gasteiger partial charge on any atom is 0.407 e. The molecule has 4 heteroatoms. The average molecular weight is 312 g/mol. The molecular formula is C18H36N2O2. The summed E-state index contributed by atoms with van der Waals surface area (Å²) >= 11 is 0. The van der Waals surface area contributed by atoms with Gasteiger partial charge in [-0.1, -0.05) is 27.2 Å². The molecule has 0 aromatic carbocycles. The number of rotatable bonds is 6. The smallest absolute Gasteiger partial charge is 0.407 e. The fourth-order valence-corrected chi connectivity index (χ4v) is 3.32. The first kappa shape index (κ1) is 19.3. The second-order valence-corrected chi connectivity index (χ2v) is 8.17. The van der Waals surface area contributed by atoms with Gasteiger partial charge in [0.25, 0.3) is 0 Å². The van der Waals surface area contributed by atoms with Gasteiger partial charge >= 0.3 is 6.09 Å². The Kier molecular flexibility index (Phi) is 7.67. The predicted molar refractivity (Wildman–Crippen MR) is 92.0 cm³/mol. The van der Waals surface area contributed by atoms with E-state index in [0.717, 1.165) is 30.7 Å². The predicted octanol–water partition coefficient (Wildman–Crippen LogP) is 3.95. The molecule has 130 valence electrons. The number of alkyl carbamates (subject to hydrolysis) is 1. The lowest BCUT2D eigenvalue weighted by Gasteiger charge is -2.38. The summed E-state index contributed by atoms with van der Waals surface area (Å²) in [6.45, 7) is 14.3. The quantitative estimate of drug-likeness (QED) is 0.730. The van der Waals surface area contributed by atoms with Crippen molar-refractivity contribution in [2.24, 2.45) is 17.8 Å². The summed E-state index contributed by atoms with van der Waals surface area (Å²) in [6.07, 6.45) is 4.60. The summed E-state index contributed by atoms with van der Waals surface area (Å²) in [5.74, 6) is 2.35. The Morgan fingerprint density at radius 2 is 1.91 bits per heavy atom. The number of hydrogen-bond donors (Lipinski definition) is 2. The molecular weight excluding hydrogens is 276 g/mol. The zero-order valence-electron chi connectivity index (χ0n) is 15.4. The van der Waals surface area contributed by atoms with E-state index in [2.05, 4.69) is 31.4 Å². The van der Waals surface area contributed by atoms with Gasteiger partial charge in [0, 0.05) is 12.6 Å². The second-order valence-electron chi connectivity index (χ2n) is 8.17. The van der Waals surface area contributed by atoms with E-state index in [9.17, 15) is 4.79 Å². The fourth-order valence-electron chi connectivity index (χ4n) is 3.32. The molecule has 1 aliphatic carbocycles. The monoisotopic (exact) mass is 312 g/mol. The molecule has 0 bridgehead atoms. The fraction of sp³-hybridized carbons (Fsp3) is 0.944. The van der Waals surface area contributed by atoms with Crippen molar-refractivity contribution in [3.8, 4) is 0 Å². The first-order chi connectivity index (χ1) is 10.2. The van der Waals surface area contributed by atoms with E-state index < -0.39 is 5.60 Å². The maximum absolute atomic E-state index is 11.6. The van der Waals surface area contributed by atoms with Crippen LogP contribution in [-0.2, 0) is 4.74 Å². The number of carbonyl (C=O) groups is 1. The number of ether oxygens (including phenoxy) is 1. The van der Waals surface area contributed by atoms with Crippen LogP contribution in [0.1, 0.15) is 67.2 Å².